The Morgan fingerprint density at radius 3 is 1.75 bits per heavy atom. The van der Waals surface area contributed by atoms with Crippen molar-refractivity contribution in [3.63, 3.8) is 0 Å². The fraction of sp³-hybridized carbons (Fsp3) is 0.939. The molecule has 12 nitrogen and oxygen atoms in total. The third-order valence-electron chi connectivity index (χ3n) is 13.1. The first kappa shape index (κ1) is 55.9. The van der Waals surface area contributed by atoms with Gasteiger partial charge in [0.1, 0.15) is 36.6 Å². The summed E-state index contributed by atoms with van der Waals surface area (Å²) >= 11 is 0. The van der Waals surface area contributed by atoms with Crippen LogP contribution in [0.4, 0.5) is 0 Å². The first-order chi connectivity index (χ1) is 29.5. The Balaban J connectivity index is 1.68. The molecule has 12 heteroatoms. The highest BCUT2D eigenvalue weighted by atomic mass is 16.7. The molecular weight excluding hydrogens is 779 g/mol. The van der Waals surface area contributed by atoms with Gasteiger partial charge >= 0.3 is 0 Å². The molecule has 1 aliphatic carbocycles. The third-order valence-corrected chi connectivity index (χ3v) is 13.1. The van der Waals surface area contributed by atoms with E-state index in [9.17, 15) is 45.6 Å². The van der Waals surface area contributed by atoms with Gasteiger partial charge < -0.3 is 55.6 Å². The molecule has 1 unspecified atom stereocenters. The molecule has 0 aromatic heterocycles. The fourth-order valence-corrected chi connectivity index (χ4v) is 8.76. The summed E-state index contributed by atoms with van der Waals surface area (Å²) in [6, 6.07) is -1.18. The Kier molecular flexibility index (Phi) is 32.2. The lowest BCUT2D eigenvalue weighted by molar-refractivity contribution is -0.303. The highest BCUT2D eigenvalue weighted by molar-refractivity contribution is 5.80. The molecule has 1 aliphatic heterocycles. The topological polar surface area (TPSA) is 209 Å². The van der Waals surface area contributed by atoms with Crippen molar-refractivity contribution in [1.82, 2.24) is 5.32 Å². The van der Waals surface area contributed by atoms with Crippen LogP contribution in [0.3, 0.4) is 0 Å². The smallest absolute Gasteiger partial charge is 0.249 e. The summed E-state index contributed by atoms with van der Waals surface area (Å²) in [5.41, 5.74) is 0. The van der Waals surface area contributed by atoms with Gasteiger partial charge in [-0.1, -0.05) is 180 Å². The molecule has 9 N–H and O–H groups in total. The van der Waals surface area contributed by atoms with E-state index < -0.39 is 74.2 Å². The number of allylic oxidation sites excluding steroid dienone is 1. The van der Waals surface area contributed by atoms with Crippen molar-refractivity contribution in [2.24, 2.45) is 11.8 Å². The number of hydrogen-bond donors (Lipinski definition) is 9. The summed E-state index contributed by atoms with van der Waals surface area (Å²) in [7, 11) is 0. The normalized spacial score (nSPS) is 25.4. The van der Waals surface area contributed by atoms with E-state index in [1.165, 1.54) is 96.3 Å². The molecule has 0 aromatic rings. The summed E-state index contributed by atoms with van der Waals surface area (Å²) in [6.07, 6.45) is 24.6. The molecule has 360 valence electrons. The largest absolute Gasteiger partial charge is 0.394 e. The van der Waals surface area contributed by atoms with Gasteiger partial charge in [0.15, 0.2) is 6.29 Å². The number of carbonyl (C=O) groups is 1. The van der Waals surface area contributed by atoms with E-state index in [0.29, 0.717) is 19.3 Å². The first-order valence-corrected chi connectivity index (χ1v) is 25.1. The summed E-state index contributed by atoms with van der Waals surface area (Å²) < 4.78 is 11.1. The Bertz CT molecular complexity index is 1080. The van der Waals surface area contributed by atoms with Gasteiger partial charge in [-0.15, -0.1) is 0 Å². The number of unbranched alkanes of at least 4 members (excludes halogenated alkanes) is 20. The van der Waals surface area contributed by atoms with Gasteiger partial charge in [0.2, 0.25) is 5.91 Å². The lowest BCUT2D eigenvalue weighted by Crippen LogP contribution is -2.60. The SMILES string of the molecule is CCCCCCC(O)/C=C/CCCCCCCCCCC[C@@H](O)C(=O)N[C@@H](CO[C@@H]1O[C@H](CO)[C@@H](O)[C@H](O)[C@H]1O)[C@H](O)[C@H](O)CCCCCCCC[C@H]1C[C@H]1CCCCCC. The Hall–Kier alpha value is -1.19. The average Bonchev–Trinajstić information content (AvgIpc) is 4.01. The van der Waals surface area contributed by atoms with Crippen LogP contribution in [-0.4, -0.2) is 121 Å². The van der Waals surface area contributed by atoms with Crippen LogP contribution in [-0.2, 0) is 14.3 Å². The van der Waals surface area contributed by atoms with Crippen molar-refractivity contribution in [3.05, 3.63) is 12.2 Å². The van der Waals surface area contributed by atoms with Gasteiger partial charge in [0, 0.05) is 0 Å². The zero-order valence-electron chi connectivity index (χ0n) is 38.5. The predicted octanol–water partition coefficient (Wildman–Crippen LogP) is 7.28. The number of rotatable bonds is 40. The minimum absolute atomic E-state index is 0.242. The minimum atomic E-state index is -1.67. The van der Waals surface area contributed by atoms with Crippen molar-refractivity contribution in [2.75, 3.05) is 13.2 Å². The third kappa shape index (κ3) is 25.2. The molecular formula is C49H93NO11. The molecule has 1 saturated heterocycles. The lowest BCUT2D eigenvalue weighted by Gasteiger charge is -2.40. The molecule has 0 radical (unpaired) electrons. The number of amides is 1. The number of ether oxygens (including phenoxy) is 2. The van der Waals surface area contributed by atoms with Crippen molar-refractivity contribution < 1.29 is 55.1 Å². The molecule has 0 spiro atoms. The van der Waals surface area contributed by atoms with Crippen LogP contribution in [0, 0.1) is 11.8 Å². The number of nitrogens with one attached hydrogen (secondary N) is 1. The van der Waals surface area contributed by atoms with Crippen LogP contribution in [0.25, 0.3) is 0 Å². The van der Waals surface area contributed by atoms with Gasteiger partial charge in [-0.2, -0.15) is 0 Å². The van der Waals surface area contributed by atoms with Gasteiger partial charge in [0.25, 0.3) is 0 Å². The van der Waals surface area contributed by atoms with Crippen molar-refractivity contribution in [2.45, 2.75) is 268 Å². The molecule has 2 aliphatic rings. The maximum Gasteiger partial charge on any atom is 0.249 e. The summed E-state index contributed by atoms with van der Waals surface area (Å²) in [4.78, 5) is 13.1. The van der Waals surface area contributed by atoms with Crippen LogP contribution >= 0.6 is 0 Å². The molecule has 0 bridgehead atoms. The van der Waals surface area contributed by atoms with Crippen LogP contribution in [0.5, 0.6) is 0 Å². The second-order valence-electron chi connectivity index (χ2n) is 18.6. The van der Waals surface area contributed by atoms with Gasteiger partial charge in [0.05, 0.1) is 31.5 Å². The number of hydrogen-bond acceptors (Lipinski definition) is 11. The van der Waals surface area contributed by atoms with Crippen molar-refractivity contribution in [1.29, 1.82) is 0 Å². The maximum absolute atomic E-state index is 13.1. The minimum Gasteiger partial charge on any atom is -0.394 e. The van der Waals surface area contributed by atoms with E-state index in [0.717, 1.165) is 82.5 Å². The molecule has 0 aromatic carbocycles. The second-order valence-corrected chi connectivity index (χ2v) is 18.6. The van der Waals surface area contributed by atoms with Crippen LogP contribution in [0.2, 0.25) is 0 Å². The Morgan fingerprint density at radius 1 is 0.656 bits per heavy atom. The summed E-state index contributed by atoms with van der Waals surface area (Å²) in [6.45, 7) is 3.38. The highest BCUT2D eigenvalue weighted by Gasteiger charge is 2.44. The number of aliphatic hydroxyl groups excluding tert-OH is 8. The van der Waals surface area contributed by atoms with Crippen molar-refractivity contribution in [3.8, 4) is 0 Å². The van der Waals surface area contributed by atoms with E-state index in [1.807, 2.05) is 6.08 Å². The highest BCUT2D eigenvalue weighted by Crippen LogP contribution is 2.45. The maximum atomic E-state index is 13.1. The van der Waals surface area contributed by atoms with Crippen LogP contribution in [0.1, 0.15) is 206 Å². The quantitative estimate of drug-likeness (QED) is 0.0221. The summed E-state index contributed by atoms with van der Waals surface area (Å²) in [5.74, 6) is 1.18. The molecule has 12 atom stereocenters. The average molecular weight is 872 g/mol. The van der Waals surface area contributed by atoms with Crippen molar-refractivity contribution >= 4 is 5.91 Å². The molecule has 2 rings (SSSR count). The van der Waals surface area contributed by atoms with Crippen LogP contribution < -0.4 is 5.32 Å². The Labute approximate surface area is 370 Å². The molecule has 1 saturated carbocycles. The summed E-state index contributed by atoms with van der Waals surface area (Å²) in [5, 5.41) is 85.9. The molecule has 1 amide bonds. The van der Waals surface area contributed by atoms with E-state index in [2.05, 4.69) is 25.2 Å². The predicted molar refractivity (Wildman–Crippen MR) is 242 cm³/mol. The van der Waals surface area contributed by atoms with Gasteiger partial charge in [-0.3, -0.25) is 4.79 Å². The van der Waals surface area contributed by atoms with E-state index in [1.54, 1.807) is 0 Å². The van der Waals surface area contributed by atoms with Crippen LogP contribution in [0.15, 0.2) is 12.2 Å². The number of carbonyl (C=O) groups excluding carboxylic acids is 1. The van der Waals surface area contributed by atoms with Gasteiger partial charge in [-0.25, -0.2) is 0 Å². The second kappa shape index (κ2) is 35.1. The first-order valence-electron chi connectivity index (χ1n) is 25.1. The monoisotopic (exact) mass is 872 g/mol. The lowest BCUT2D eigenvalue weighted by atomic mass is 9.98. The zero-order valence-corrected chi connectivity index (χ0v) is 38.5. The Morgan fingerprint density at radius 2 is 1.16 bits per heavy atom. The van der Waals surface area contributed by atoms with E-state index in [-0.39, 0.29) is 12.5 Å². The van der Waals surface area contributed by atoms with Gasteiger partial charge in [-0.05, 0) is 50.4 Å². The molecule has 1 heterocycles. The standard InChI is InChI=1S/C49H93NO11/c1-3-5-7-22-28-37-34-38(37)29-23-18-16-17-20-26-32-41(53)44(55)40(36-60-49-47(58)46(57)45(56)43(35-51)61-49)50-48(59)42(54)33-27-21-15-13-11-9-10-12-14-19-25-31-39(52)30-24-8-6-4-2/h25,31,37-47,49,51-58H,3-24,26-30,32-36H2,1-2H3,(H,50,59)/b31-25+/t37-,38+,39?,40+,41-,42-,43-,44+,45-,46+,47-,49-/m1/s1. The molecule has 61 heavy (non-hydrogen) atoms. The molecule has 2 fully saturated rings. The van der Waals surface area contributed by atoms with E-state index >= 15 is 0 Å². The number of aliphatic hydroxyl groups is 8. The fourth-order valence-electron chi connectivity index (χ4n) is 8.76. The zero-order chi connectivity index (χ0) is 44.7. The van der Waals surface area contributed by atoms with E-state index in [4.69, 9.17) is 9.47 Å².